The third-order valence-electron chi connectivity index (χ3n) is 2.43. The summed E-state index contributed by atoms with van der Waals surface area (Å²) >= 11 is 1.13. The van der Waals surface area contributed by atoms with Gasteiger partial charge in [0.25, 0.3) is 6.43 Å². The van der Waals surface area contributed by atoms with Crippen LogP contribution in [0.1, 0.15) is 18.9 Å². The first-order valence-corrected chi connectivity index (χ1v) is 8.95. The summed E-state index contributed by atoms with van der Waals surface area (Å²) in [7, 11) is -3.60. The van der Waals surface area contributed by atoms with Gasteiger partial charge in [0.2, 0.25) is 10.0 Å². The maximum atomic E-state index is 11.9. The molecule has 1 aromatic rings. The Morgan fingerprint density at radius 2 is 2.14 bits per heavy atom. The highest BCUT2D eigenvalue weighted by Crippen LogP contribution is 2.19. The maximum Gasteiger partial charge on any atom is 0.261 e. The number of alkyl halides is 2. The van der Waals surface area contributed by atoms with Gasteiger partial charge in [0.15, 0.2) is 0 Å². The molecule has 9 heteroatoms. The average Bonchev–Trinajstić information content (AvgIpc) is 2.88. The second kappa shape index (κ2) is 9.42. The van der Waals surface area contributed by atoms with E-state index in [-0.39, 0.29) is 17.4 Å². The summed E-state index contributed by atoms with van der Waals surface area (Å²) in [5.41, 5.74) is 0.905. The fraction of sp³-hybridized carbons (Fsp3) is 0.667. The summed E-state index contributed by atoms with van der Waals surface area (Å²) in [5.74, 6) is 0. The van der Waals surface area contributed by atoms with Gasteiger partial charge in [-0.1, -0.05) is 6.92 Å². The van der Waals surface area contributed by atoms with E-state index in [1.165, 1.54) is 0 Å². The average molecular weight is 342 g/mol. The van der Waals surface area contributed by atoms with Crippen molar-refractivity contribution in [3.8, 4) is 0 Å². The lowest BCUT2D eigenvalue weighted by atomic mass is 10.3. The Bertz CT molecular complexity index is 506. The van der Waals surface area contributed by atoms with Crippen molar-refractivity contribution in [2.24, 2.45) is 0 Å². The van der Waals surface area contributed by atoms with Crippen LogP contribution < -0.4 is 10.0 Å². The van der Waals surface area contributed by atoms with E-state index >= 15 is 0 Å². The summed E-state index contributed by atoms with van der Waals surface area (Å²) in [6.07, 6.45) is -1.53. The van der Waals surface area contributed by atoms with E-state index in [0.717, 1.165) is 29.9 Å². The first-order valence-electron chi connectivity index (χ1n) is 6.59. The second-order valence-corrected chi connectivity index (χ2v) is 7.22. The summed E-state index contributed by atoms with van der Waals surface area (Å²) in [6, 6.07) is 1.61. The van der Waals surface area contributed by atoms with Gasteiger partial charge in [0, 0.05) is 13.1 Å². The van der Waals surface area contributed by atoms with Crippen molar-refractivity contribution >= 4 is 21.4 Å². The maximum absolute atomic E-state index is 11.9. The van der Waals surface area contributed by atoms with Crippen LogP contribution in [0.5, 0.6) is 0 Å². The molecule has 0 radical (unpaired) electrons. The lowest BCUT2D eigenvalue weighted by Crippen LogP contribution is -2.27. The molecule has 0 amide bonds. The lowest BCUT2D eigenvalue weighted by molar-refractivity contribution is 0.0199. The highest BCUT2D eigenvalue weighted by atomic mass is 32.2. The van der Waals surface area contributed by atoms with E-state index in [1.54, 1.807) is 11.4 Å². The van der Waals surface area contributed by atoms with Gasteiger partial charge >= 0.3 is 0 Å². The molecule has 1 aromatic heterocycles. The van der Waals surface area contributed by atoms with Gasteiger partial charge in [0.05, 0.1) is 6.61 Å². The number of sulfonamides is 1. The quantitative estimate of drug-likeness (QED) is 0.602. The molecule has 0 saturated carbocycles. The summed E-state index contributed by atoms with van der Waals surface area (Å²) < 4.78 is 54.7. The van der Waals surface area contributed by atoms with Crippen molar-refractivity contribution in [3.63, 3.8) is 0 Å². The van der Waals surface area contributed by atoms with Gasteiger partial charge in [-0.3, -0.25) is 0 Å². The van der Waals surface area contributed by atoms with Gasteiger partial charge in [-0.2, -0.15) is 0 Å². The van der Waals surface area contributed by atoms with Crippen LogP contribution in [0.3, 0.4) is 0 Å². The van der Waals surface area contributed by atoms with Crippen LogP contribution in [0.15, 0.2) is 15.7 Å². The summed E-state index contributed by atoms with van der Waals surface area (Å²) in [4.78, 5) is 0. The van der Waals surface area contributed by atoms with Crippen LogP contribution in [-0.4, -0.2) is 41.1 Å². The number of rotatable bonds is 11. The number of thiophene rings is 1. The number of nitrogens with one attached hydrogen (secondary N) is 2. The predicted molar refractivity (Wildman–Crippen MR) is 78.3 cm³/mol. The normalized spacial score (nSPS) is 12.2. The molecule has 0 saturated heterocycles. The predicted octanol–water partition coefficient (Wildman–Crippen LogP) is 1.81. The van der Waals surface area contributed by atoms with E-state index in [2.05, 4.69) is 21.7 Å². The molecule has 0 spiro atoms. The van der Waals surface area contributed by atoms with E-state index < -0.39 is 23.1 Å². The van der Waals surface area contributed by atoms with Gasteiger partial charge in [-0.25, -0.2) is 21.9 Å². The van der Waals surface area contributed by atoms with Crippen molar-refractivity contribution in [2.45, 2.75) is 30.5 Å². The second-order valence-electron chi connectivity index (χ2n) is 4.31. The fourth-order valence-corrected chi connectivity index (χ4v) is 3.76. The lowest BCUT2D eigenvalue weighted by Gasteiger charge is -2.05. The largest absolute Gasteiger partial charge is 0.374 e. The molecule has 0 aliphatic heterocycles. The van der Waals surface area contributed by atoms with E-state index in [9.17, 15) is 17.2 Å². The van der Waals surface area contributed by atoms with Gasteiger partial charge in [-0.05, 0) is 30.0 Å². The monoisotopic (exact) mass is 342 g/mol. The Morgan fingerprint density at radius 1 is 1.38 bits per heavy atom. The summed E-state index contributed by atoms with van der Waals surface area (Å²) in [5, 5.41) is 4.97. The molecule has 0 aromatic carbocycles. The third-order valence-corrected chi connectivity index (χ3v) is 5.38. The standard InChI is InChI=1S/C12H20F2N2O3S2/c1-2-3-15-7-10-6-12(20-9-10)21(17,18)16-4-5-19-8-11(13)14/h6,9,11,15-16H,2-5,7-8H2,1H3. The molecule has 21 heavy (non-hydrogen) atoms. The van der Waals surface area contributed by atoms with Gasteiger partial charge in [0.1, 0.15) is 10.8 Å². The third kappa shape index (κ3) is 7.28. The van der Waals surface area contributed by atoms with Gasteiger partial charge in [-0.15, -0.1) is 11.3 Å². The van der Waals surface area contributed by atoms with Crippen LogP contribution in [-0.2, 0) is 21.3 Å². The van der Waals surface area contributed by atoms with Crippen molar-refractivity contribution in [3.05, 3.63) is 17.0 Å². The zero-order chi connectivity index (χ0) is 15.7. The summed E-state index contributed by atoms with van der Waals surface area (Å²) in [6.45, 7) is 2.75. The minimum absolute atomic E-state index is 0.0314. The van der Waals surface area contributed by atoms with Crippen molar-refractivity contribution in [2.75, 3.05) is 26.3 Å². The molecule has 0 bridgehead atoms. The van der Waals surface area contributed by atoms with E-state index in [1.807, 2.05) is 0 Å². The van der Waals surface area contributed by atoms with Crippen molar-refractivity contribution in [1.82, 2.24) is 10.0 Å². The minimum atomic E-state index is -3.60. The Hall–Kier alpha value is -0.610. The Kier molecular flexibility index (Phi) is 8.27. The SMILES string of the molecule is CCCNCc1csc(S(=O)(=O)NCCOCC(F)F)c1. The molecule has 0 atom stereocenters. The molecule has 0 aliphatic rings. The zero-order valence-electron chi connectivity index (χ0n) is 11.8. The minimum Gasteiger partial charge on any atom is -0.374 e. The molecular formula is C12H20F2N2O3S2. The molecular weight excluding hydrogens is 322 g/mol. The Morgan fingerprint density at radius 3 is 2.81 bits per heavy atom. The first-order chi connectivity index (χ1) is 9.95. The van der Waals surface area contributed by atoms with Crippen molar-refractivity contribution in [1.29, 1.82) is 0 Å². The first kappa shape index (κ1) is 18.4. The van der Waals surface area contributed by atoms with Crippen molar-refractivity contribution < 1.29 is 21.9 Å². The van der Waals surface area contributed by atoms with Gasteiger partial charge < -0.3 is 10.1 Å². The molecule has 2 N–H and O–H groups in total. The van der Waals surface area contributed by atoms with E-state index in [4.69, 9.17) is 0 Å². The zero-order valence-corrected chi connectivity index (χ0v) is 13.4. The molecule has 1 rings (SSSR count). The molecule has 0 aliphatic carbocycles. The number of hydrogen-bond donors (Lipinski definition) is 2. The highest BCUT2D eigenvalue weighted by Gasteiger charge is 2.16. The topological polar surface area (TPSA) is 67.4 Å². The molecule has 0 fully saturated rings. The number of ether oxygens (including phenoxy) is 1. The van der Waals surface area contributed by atoms with Crippen LogP contribution >= 0.6 is 11.3 Å². The van der Waals surface area contributed by atoms with Crippen LogP contribution in [0.2, 0.25) is 0 Å². The number of hydrogen-bond acceptors (Lipinski definition) is 5. The molecule has 1 heterocycles. The number of halogens is 2. The fourth-order valence-electron chi connectivity index (χ4n) is 1.49. The van der Waals surface area contributed by atoms with Crippen LogP contribution in [0, 0.1) is 0 Å². The molecule has 0 unspecified atom stereocenters. The Labute approximate surface area is 127 Å². The van der Waals surface area contributed by atoms with E-state index in [0.29, 0.717) is 6.54 Å². The molecule has 5 nitrogen and oxygen atoms in total. The Balaban J connectivity index is 2.39. The molecule has 122 valence electrons. The smallest absolute Gasteiger partial charge is 0.261 e. The van der Waals surface area contributed by atoms with Crippen LogP contribution in [0.4, 0.5) is 8.78 Å². The highest BCUT2D eigenvalue weighted by molar-refractivity contribution is 7.91. The van der Waals surface area contributed by atoms with Crippen LogP contribution in [0.25, 0.3) is 0 Å².